The van der Waals surface area contributed by atoms with Gasteiger partial charge in [0.25, 0.3) is 0 Å². The third kappa shape index (κ3) is 3.63. The largest absolute Gasteiger partial charge is 0.393 e. The molecule has 1 amide bonds. The third-order valence-electron chi connectivity index (χ3n) is 5.73. The van der Waals surface area contributed by atoms with E-state index >= 15 is 0 Å². The van der Waals surface area contributed by atoms with Gasteiger partial charge in [-0.3, -0.25) is 9.69 Å². The number of carbonyl (C=O) groups is 1. The number of likely N-dealkylation sites (tertiary alicyclic amines) is 1. The topological polar surface area (TPSA) is 53.0 Å². The summed E-state index contributed by atoms with van der Waals surface area (Å²) in [4.78, 5) is 17.1. The summed E-state index contributed by atoms with van der Waals surface area (Å²) in [6.07, 6.45) is 6.70. The Morgan fingerprint density at radius 3 is 2.64 bits per heavy atom. The number of morpholine rings is 1. The van der Waals surface area contributed by atoms with Gasteiger partial charge in [-0.05, 0) is 51.6 Å². The summed E-state index contributed by atoms with van der Waals surface area (Å²) in [5.41, 5.74) is 0. The van der Waals surface area contributed by atoms with Crippen LogP contribution in [0, 0.1) is 5.92 Å². The molecule has 1 N–H and O–H groups in total. The van der Waals surface area contributed by atoms with E-state index in [1.54, 1.807) is 0 Å². The molecule has 0 spiro atoms. The van der Waals surface area contributed by atoms with Crippen LogP contribution in [0.25, 0.3) is 0 Å². The number of piperidine rings is 1. The first-order valence-electron chi connectivity index (χ1n) is 8.96. The van der Waals surface area contributed by atoms with Crippen molar-refractivity contribution in [3.05, 3.63) is 0 Å². The van der Waals surface area contributed by atoms with Gasteiger partial charge in [0.1, 0.15) is 0 Å². The molecule has 0 aromatic rings. The van der Waals surface area contributed by atoms with Crippen LogP contribution in [0.2, 0.25) is 0 Å². The van der Waals surface area contributed by atoms with E-state index in [0.717, 1.165) is 45.3 Å². The number of carbonyl (C=O) groups excluding carboxylic acids is 1. The summed E-state index contributed by atoms with van der Waals surface area (Å²) in [6.45, 7) is 5.72. The normalized spacial score (nSPS) is 32.5. The number of amides is 1. The molecule has 3 rings (SSSR count). The predicted molar refractivity (Wildman–Crippen MR) is 84.6 cm³/mol. The van der Waals surface area contributed by atoms with Crippen LogP contribution < -0.4 is 0 Å². The highest BCUT2D eigenvalue weighted by molar-refractivity contribution is 5.78. The SMILES string of the molecule is CC(O)C1CCN(CC(=O)N2CCOC3CCCCC32)CC1. The fourth-order valence-electron chi connectivity index (χ4n) is 4.28. The fraction of sp³-hybridized carbons (Fsp3) is 0.941. The van der Waals surface area contributed by atoms with Crippen molar-refractivity contribution in [2.24, 2.45) is 5.92 Å². The standard InChI is InChI=1S/C17H30N2O3/c1-13(20)14-6-8-18(9-7-14)12-17(21)19-10-11-22-16-5-3-2-4-15(16)19/h13-16,20H,2-12H2,1H3. The molecule has 2 saturated heterocycles. The molecule has 22 heavy (non-hydrogen) atoms. The van der Waals surface area contributed by atoms with Gasteiger partial charge < -0.3 is 14.7 Å². The average Bonchev–Trinajstić information content (AvgIpc) is 2.54. The van der Waals surface area contributed by atoms with Crippen molar-refractivity contribution in [3.63, 3.8) is 0 Å². The van der Waals surface area contributed by atoms with Crippen LogP contribution in [-0.2, 0) is 9.53 Å². The number of aliphatic hydroxyl groups excluding tert-OH is 1. The lowest BCUT2D eigenvalue weighted by atomic mass is 9.90. The summed E-state index contributed by atoms with van der Waals surface area (Å²) in [5.74, 6) is 0.674. The van der Waals surface area contributed by atoms with Crippen LogP contribution in [0.4, 0.5) is 0 Å². The lowest BCUT2D eigenvalue weighted by molar-refractivity contribution is -0.151. The highest BCUT2D eigenvalue weighted by Gasteiger charge is 2.37. The van der Waals surface area contributed by atoms with Gasteiger partial charge in [-0.2, -0.15) is 0 Å². The minimum atomic E-state index is -0.222. The second-order valence-electron chi connectivity index (χ2n) is 7.20. The lowest BCUT2D eigenvalue weighted by Crippen LogP contribution is -2.57. The molecule has 0 aromatic carbocycles. The van der Waals surface area contributed by atoms with E-state index in [0.29, 0.717) is 25.1 Å². The molecule has 2 aliphatic heterocycles. The number of nitrogens with zero attached hydrogens (tertiary/aromatic N) is 2. The summed E-state index contributed by atoms with van der Waals surface area (Å²) < 4.78 is 5.86. The van der Waals surface area contributed by atoms with E-state index < -0.39 is 0 Å². The molecule has 5 nitrogen and oxygen atoms in total. The van der Waals surface area contributed by atoms with E-state index in [2.05, 4.69) is 9.80 Å². The van der Waals surface area contributed by atoms with E-state index in [1.165, 1.54) is 12.8 Å². The molecule has 3 unspecified atom stereocenters. The number of rotatable bonds is 3. The molecule has 126 valence electrons. The minimum absolute atomic E-state index is 0.222. The predicted octanol–water partition coefficient (Wildman–Crippen LogP) is 1.25. The Labute approximate surface area is 133 Å². The van der Waals surface area contributed by atoms with Gasteiger partial charge >= 0.3 is 0 Å². The van der Waals surface area contributed by atoms with E-state index in [9.17, 15) is 9.90 Å². The van der Waals surface area contributed by atoms with Crippen LogP contribution in [0.1, 0.15) is 45.4 Å². The average molecular weight is 310 g/mol. The Bertz CT molecular complexity index is 378. The highest BCUT2D eigenvalue weighted by Crippen LogP contribution is 2.29. The first kappa shape index (κ1) is 16.2. The summed E-state index contributed by atoms with van der Waals surface area (Å²) >= 11 is 0. The second-order valence-corrected chi connectivity index (χ2v) is 7.20. The monoisotopic (exact) mass is 310 g/mol. The van der Waals surface area contributed by atoms with Crippen molar-refractivity contribution in [1.82, 2.24) is 9.80 Å². The number of aliphatic hydroxyl groups is 1. The molecule has 0 aromatic heterocycles. The second kappa shape index (κ2) is 7.28. The zero-order valence-electron chi connectivity index (χ0n) is 13.7. The van der Waals surface area contributed by atoms with E-state index in [4.69, 9.17) is 4.74 Å². The number of ether oxygens (including phenoxy) is 1. The minimum Gasteiger partial charge on any atom is -0.393 e. The molecule has 0 radical (unpaired) electrons. The van der Waals surface area contributed by atoms with Gasteiger partial charge in [0, 0.05) is 6.54 Å². The molecule has 2 heterocycles. The first-order chi connectivity index (χ1) is 10.6. The Morgan fingerprint density at radius 2 is 1.91 bits per heavy atom. The highest BCUT2D eigenvalue weighted by atomic mass is 16.5. The van der Waals surface area contributed by atoms with Crippen molar-refractivity contribution < 1.29 is 14.6 Å². The maximum atomic E-state index is 12.7. The summed E-state index contributed by atoms with van der Waals surface area (Å²) in [6, 6.07) is 0.310. The van der Waals surface area contributed by atoms with Crippen molar-refractivity contribution in [2.75, 3.05) is 32.8 Å². The summed E-state index contributed by atoms with van der Waals surface area (Å²) in [7, 11) is 0. The number of hydrogen-bond donors (Lipinski definition) is 1. The van der Waals surface area contributed by atoms with Crippen LogP contribution in [-0.4, -0.2) is 71.8 Å². The fourth-order valence-corrected chi connectivity index (χ4v) is 4.28. The van der Waals surface area contributed by atoms with Crippen LogP contribution in [0.5, 0.6) is 0 Å². The Morgan fingerprint density at radius 1 is 1.18 bits per heavy atom. The van der Waals surface area contributed by atoms with Gasteiger partial charge in [0.2, 0.25) is 5.91 Å². The van der Waals surface area contributed by atoms with Crippen molar-refractivity contribution in [3.8, 4) is 0 Å². The molecular formula is C17H30N2O3. The van der Waals surface area contributed by atoms with Crippen molar-refractivity contribution in [2.45, 2.75) is 63.7 Å². The molecule has 5 heteroatoms. The maximum absolute atomic E-state index is 12.7. The van der Waals surface area contributed by atoms with Gasteiger partial charge in [0.05, 0.1) is 31.4 Å². The summed E-state index contributed by atoms with van der Waals surface area (Å²) in [5, 5.41) is 9.67. The quantitative estimate of drug-likeness (QED) is 0.852. The molecule has 3 aliphatic rings. The molecule has 3 fully saturated rings. The zero-order valence-corrected chi connectivity index (χ0v) is 13.7. The van der Waals surface area contributed by atoms with Gasteiger partial charge in [-0.1, -0.05) is 12.8 Å². The van der Waals surface area contributed by atoms with E-state index in [1.807, 2.05) is 6.92 Å². The van der Waals surface area contributed by atoms with Crippen LogP contribution in [0.15, 0.2) is 0 Å². The van der Waals surface area contributed by atoms with Crippen LogP contribution >= 0.6 is 0 Å². The molecule has 3 atom stereocenters. The lowest BCUT2D eigenvalue weighted by Gasteiger charge is -2.44. The Balaban J connectivity index is 1.51. The van der Waals surface area contributed by atoms with Crippen molar-refractivity contribution >= 4 is 5.91 Å². The molecule has 1 aliphatic carbocycles. The van der Waals surface area contributed by atoms with Crippen molar-refractivity contribution in [1.29, 1.82) is 0 Å². The number of fused-ring (bicyclic) bond motifs is 1. The van der Waals surface area contributed by atoms with Crippen LogP contribution in [0.3, 0.4) is 0 Å². The first-order valence-corrected chi connectivity index (χ1v) is 8.96. The number of hydrogen-bond acceptors (Lipinski definition) is 4. The van der Waals surface area contributed by atoms with Gasteiger partial charge in [-0.15, -0.1) is 0 Å². The van der Waals surface area contributed by atoms with Gasteiger partial charge in [0.15, 0.2) is 0 Å². The third-order valence-corrected chi connectivity index (χ3v) is 5.73. The molecule has 0 bridgehead atoms. The van der Waals surface area contributed by atoms with Gasteiger partial charge in [-0.25, -0.2) is 0 Å². The Hall–Kier alpha value is -0.650. The maximum Gasteiger partial charge on any atom is 0.237 e. The molecule has 1 saturated carbocycles. The van der Waals surface area contributed by atoms with E-state index in [-0.39, 0.29) is 18.1 Å². The molecular weight excluding hydrogens is 280 g/mol. The smallest absolute Gasteiger partial charge is 0.237 e. The Kier molecular flexibility index (Phi) is 5.37. The zero-order chi connectivity index (χ0) is 15.5.